The molecule has 4 rings (SSSR count). The second kappa shape index (κ2) is 48.7. The summed E-state index contributed by atoms with van der Waals surface area (Å²) in [7, 11) is 0. The minimum absolute atomic E-state index is 0. The van der Waals surface area contributed by atoms with E-state index >= 15 is 0 Å². The lowest BCUT2D eigenvalue weighted by molar-refractivity contribution is 0.930. The molecule has 0 aliphatic carbocycles. The third-order valence-electron chi connectivity index (χ3n) is 6.94. The van der Waals surface area contributed by atoms with Crippen molar-refractivity contribution < 1.29 is 0 Å². The second-order valence-corrected chi connectivity index (χ2v) is 9.35. The second-order valence-electron chi connectivity index (χ2n) is 9.35. The summed E-state index contributed by atoms with van der Waals surface area (Å²) < 4.78 is 0. The average Bonchev–Trinajstić information content (AvgIpc) is 3.21. The fourth-order valence-electron chi connectivity index (χ4n) is 4.48. The summed E-state index contributed by atoms with van der Waals surface area (Å²) in [6, 6.07) is 14.9. The van der Waals surface area contributed by atoms with Gasteiger partial charge in [0, 0.05) is 36.2 Å². The Hall–Kier alpha value is -3.40. The van der Waals surface area contributed by atoms with Crippen LogP contribution in [0.25, 0.3) is 0 Å². The Balaban J connectivity index is -0.0000000930. The van der Waals surface area contributed by atoms with Crippen LogP contribution in [0.4, 0.5) is 0 Å². The summed E-state index contributed by atoms with van der Waals surface area (Å²) in [5, 5.41) is 0. The fourth-order valence-corrected chi connectivity index (χ4v) is 4.48. The van der Waals surface area contributed by atoms with Gasteiger partial charge in [-0.3, -0.25) is 9.97 Å². The van der Waals surface area contributed by atoms with Gasteiger partial charge in [0.25, 0.3) is 0 Å². The number of aromatic nitrogens is 4. The molecule has 0 saturated carbocycles. The molecule has 1 aromatic carbocycles. The van der Waals surface area contributed by atoms with Gasteiger partial charge in [0.1, 0.15) is 6.33 Å². The highest BCUT2D eigenvalue weighted by Crippen LogP contribution is 2.09. The molecule has 4 nitrogen and oxygen atoms in total. The summed E-state index contributed by atoms with van der Waals surface area (Å²) in [5.74, 6) is 0. The van der Waals surface area contributed by atoms with Gasteiger partial charge in [-0.05, 0) is 96.9 Å². The van der Waals surface area contributed by atoms with Crippen LogP contribution >= 0.6 is 0 Å². The third-order valence-corrected chi connectivity index (χ3v) is 6.94. The normalized spacial score (nSPS) is 8.16. The van der Waals surface area contributed by atoms with Gasteiger partial charge in [-0.25, -0.2) is 9.97 Å². The number of aryl methyl sites for hydroxylation is 8. The molecule has 0 fully saturated rings. The molecule has 0 aliphatic rings. The van der Waals surface area contributed by atoms with Crippen LogP contribution in [0.2, 0.25) is 0 Å². The first-order valence-corrected chi connectivity index (χ1v) is 19.2. The van der Waals surface area contributed by atoms with E-state index in [1.54, 1.807) is 6.33 Å². The van der Waals surface area contributed by atoms with Crippen molar-refractivity contribution in [3.05, 3.63) is 118 Å². The maximum absolute atomic E-state index is 4.27. The van der Waals surface area contributed by atoms with Gasteiger partial charge in [-0.2, -0.15) is 0 Å². The molecular weight excluding hydrogens is 621 g/mol. The maximum atomic E-state index is 4.27. The lowest BCUT2D eigenvalue weighted by Gasteiger charge is -2.02. The lowest BCUT2D eigenvalue weighted by Crippen LogP contribution is -1.95. The van der Waals surface area contributed by atoms with Crippen LogP contribution in [0, 0.1) is 0 Å². The fraction of sp³-hybridized carbons (Fsp3) is 0.574. The summed E-state index contributed by atoms with van der Waals surface area (Å²) in [6.45, 7) is 33.3. The molecule has 3 heterocycles. The largest absolute Gasteiger partial charge is 0.264 e. The predicted octanol–water partition coefficient (Wildman–Crippen LogP) is 14.8. The molecule has 0 spiro atoms. The maximum Gasteiger partial charge on any atom is 0.115 e. The zero-order valence-corrected chi connectivity index (χ0v) is 34.4. The number of pyridine rings is 2. The van der Waals surface area contributed by atoms with Crippen molar-refractivity contribution in [2.45, 2.75) is 184 Å². The highest BCUT2D eigenvalue weighted by Gasteiger charge is 1.98. The minimum Gasteiger partial charge on any atom is -0.264 e. The smallest absolute Gasteiger partial charge is 0.115 e. The molecule has 0 amide bonds. The van der Waals surface area contributed by atoms with Crippen LogP contribution in [-0.4, -0.2) is 19.9 Å². The summed E-state index contributed by atoms with van der Waals surface area (Å²) >= 11 is 0. The van der Waals surface area contributed by atoms with E-state index < -0.39 is 0 Å². The molecule has 296 valence electrons. The van der Waals surface area contributed by atoms with Gasteiger partial charge in [0.15, 0.2) is 0 Å². The van der Waals surface area contributed by atoms with E-state index in [9.17, 15) is 0 Å². The summed E-state index contributed by atoms with van der Waals surface area (Å²) in [4.78, 5) is 16.4. The standard InChI is InChI=1S/C10H14.2C9H13N.C8H12N2.4C2H6.3CH4/c1-3-9-7-5-6-8-10(9)4-2;1-3-8-5-6-10-7-9(8)4-2;1-3-8-6-5-7-10-9(8)4-2;1-3-7-5-9-6-10-8(7)4-2;4*1-2;;;/h5-8H,3-4H2,1-2H3;2*5-7H,3-4H2,1-2H3;5-6H,3-4H2,1-2H3;4*1-2H3;3*1H4. The predicted molar refractivity (Wildman–Crippen MR) is 238 cm³/mol. The average molecular weight is 709 g/mol. The van der Waals surface area contributed by atoms with Gasteiger partial charge < -0.3 is 0 Å². The van der Waals surface area contributed by atoms with Crippen molar-refractivity contribution in [2.75, 3.05) is 0 Å². The van der Waals surface area contributed by atoms with E-state index in [-0.39, 0.29) is 22.3 Å². The van der Waals surface area contributed by atoms with Crippen LogP contribution in [0.1, 0.15) is 178 Å². The molecule has 0 N–H and O–H groups in total. The van der Waals surface area contributed by atoms with Crippen LogP contribution in [-0.2, 0) is 51.4 Å². The minimum atomic E-state index is 0. The lowest BCUT2D eigenvalue weighted by atomic mass is 10.0. The zero-order valence-electron chi connectivity index (χ0n) is 34.4. The highest BCUT2D eigenvalue weighted by molar-refractivity contribution is 5.26. The Labute approximate surface area is 321 Å². The van der Waals surface area contributed by atoms with Crippen LogP contribution in [0.15, 0.2) is 73.6 Å². The molecule has 51 heavy (non-hydrogen) atoms. The first kappa shape index (κ1) is 62.7. The van der Waals surface area contributed by atoms with E-state index in [4.69, 9.17) is 0 Å². The molecule has 0 radical (unpaired) electrons. The topological polar surface area (TPSA) is 51.6 Å². The monoisotopic (exact) mass is 709 g/mol. The molecule has 0 bridgehead atoms. The van der Waals surface area contributed by atoms with E-state index in [0.29, 0.717) is 0 Å². The molecule has 4 aromatic rings. The molecule has 0 unspecified atom stereocenters. The highest BCUT2D eigenvalue weighted by atomic mass is 14.8. The Bertz CT molecular complexity index is 922. The Morgan fingerprint density at radius 3 is 1.08 bits per heavy atom. The van der Waals surface area contributed by atoms with E-state index in [1.165, 1.54) is 44.8 Å². The Kier molecular flexibility index (Phi) is 59.9. The van der Waals surface area contributed by atoms with Gasteiger partial charge >= 0.3 is 0 Å². The number of hydrogen-bond donors (Lipinski definition) is 0. The summed E-state index contributed by atoms with van der Waals surface area (Å²) in [5.41, 5.74) is 10.9. The molecule has 0 atom stereocenters. The molecule has 4 heteroatoms. The van der Waals surface area contributed by atoms with Gasteiger partial charge in [0.2, 0.25) is 0 Å². The quantitative estimate of drug-likeness (QED) is 0.183. The molecular formula is C47H88N4. The van der Waals surface area contributed by atoms with Crippen molar-refractivity contribution in [1.29, 1.82) is 0 Å². The van der Waals surface area contributed by atoms with Crippen LogP contribution in [0.5, 0.6) is 0 Å². The molecule has 0 aliphatic heterocycles. The van der Waals surface area contributed by atoms with Crippen molar-refractivity contribution in [2.24, 2.45) is 0 Å². The summed E-state index contributed by atoms with van der Waals surface area (Å²) in [6.07, 6.45) is 17.9. The van der Waals surface area contributed by atoms with Gasteiger partial charge in [-0.1, -0.05) is 163 Å². The van der Waals surface area contributed by atoms with Crippen molar-refractivity contribution in [3.8, 4) is 0 Å². The zero-order chi connectivity index (χ0) is 37.6. The van der Waals surface area contributed by atoms with Crippen molar-refractivity contribution in [3.63, 3.8) is 0 Å². The van der Waals surface area contributed by atoms with E-state index in [1.807, 2.05) is 86.2 Å². The number of hydrogen-bond acceptors (Lipinski definition) is 4. The van der Waals surface area contributed by atoms with Crippen molar-refractivity contribution in [1.82, 2.24) is 19.9 Å². The van der Waals surface area contributed by atoms with E-state index in [0.717, 1.165) is 51.4 Å². The number of benzene rings is 1. The number of rotatable bonds is 8. The van der Waals surface area contributed by atoms with E-state index in [2.05, 4.69) is 112 Å². The Morgan fingerprint density at radius 2 is 0.725 bits per heavy atom. The van der Waals surface area contributed by atoms with Gasteiger partial charge in [-0.15, -0.1) is 0 Å². The van der Waals surface area contributed by atoms with Crippen LogP contribution < -0.4 is 0 Å². The molecule has 0 saturated heterocycles. The first-order valence-electron chi connectivity index (χ1n) is 19.2. The molecule has 3 aromatic heterocycles. The van der Waals surface area contributed by atoms with Crippen LogP contribution in [0.3, 0.4) is 0 Å². The first-order chi connectivity index (χ1) is 23.5. The SMILES string of the molecule is C.C.C.CC.CC.CC.CC.CCc1ccccc1CC.CCc1cccnc1CC.CCc1ccncc1CC.CCc1cncnc1CC. The third kappa shape index (κ3) is 28.9. The Morgan fingerprint density at radius 1 is 0.353 bits per heavy atom. The van der Waals surface area contributed by atoms with Crippen molar-refractivity contribution >= 4 is 0 Å². The number of nitrogens with zero attached hydrogens (tertiary/aromatic N) is 4. The van der Waals surface area contributed by atoms with Gasteiger partial charge in [0.05, 0.1) is 0 Å².